The van der Waals surface area contributed by atoms with E-state index in [9.17, 15) is 9.18 Å². The number of rotatable bonds is 13. The SMILES string of the molecule is COc1cccc([C@H]2OC(c3ccc(OCCCO)cc3)=N[C@@]2(Cc2ccccc2)C(=O)NCCc2cccc(F)c2)c1. The van der Waals surface area contributed by atoms with Gasteiger partial charge in [0, 0.05) is 31.6 Å². The minimum Gasteiger partial charge on any atom is -0.497 e. The number of nitrogens with one attached hydrogen (secondary N) is 1. The maximum absolute atomic E-state index is 14.3. The summed E-state index contributed by atoms with van der Waals surface area (Å²) < 4.78 is 31.5. The molecule has 5 rings (SSSR count). The quantitative estimate of drug-likeness (QED) is 0.205. The highest BCUT2D eigenvalue weighted by molar-refractivity contribution is 6.01. The van der Waals surface area contributed by atoms with Crippen LogP contribution in [0.25, 0.3) is 0 Å². The van der Waals surface area contributed by atoms with Crippen molar-refractivity contribution in [2.45, 2.75) is 30.9 Å². The molecule has 222 valence electrons. The summed E-state index contributed by atoms with van der Waals surface area (Å²) in [5.74, 6) is 1.03. The lowest BCUT2D eigenvalue weighted by Gasteiger charge is -2.31. The first-order valence-corrected chi connectivity index (χ1v) is 14.3. The van der Waals surface area contributed by atoms with Gasteiger partial charge in [0.15, 0.2) is 11.6 Å². The molecule has 0 spiro atoms. The van der Waals surface area contributed by atoms with Crippen molar-refractivity contribution in [3.63, 3.8) is 0 Å². The number of nitrogens with zero attached hydrogens (tertiary/aromatic N) is 1. The summed E-state index contributed by atoms with van der Waals surface area (Å²) in [6, 6.07) is 30.9. The van der Waals surface area contributed by atoms with Crippen molar-refractivity contribution in [2.24, 2.45) is 4.99 Å². The van der Waals surface area contributed by atoms with Crippen LogP contribution in [0.4, 0.5) is 4.39 Å². The van der Waals surface area contributed by atoms with Gasteiger partial charge in [-0.3, -0.25) is 4.79 Å². The first kappa shape index (κ1) is 29.8. The summed E-state index contributed by atoms with van der Waals surface area (Å²) in [6.07, 6.45) is 0.528. The van der Waals surface area contributed by atoms with Gasteiger partial charge in [-0.05, 0) is 71.6 Å². The monoisotopic (exact) mass is 582 g/mol. The number of methoxy groups -OCH3 is 1. The van der Waals surface area contributed by atoms with Gasteiger partial charge in [0.1, 0.15) is 17.3 Å². The van der Waals surface area contributed by atoms with Gasteiger partial charge < -0.3 is 24.6 Å². The summed E-state index contributed by atoms with van der Waals surface area (Å²) in [4.78, 5) is 19.4. The van der Waals surface area contributed by atoms with Crippen LogP contribution in [-0.2, 0) is 22.4 Å². The second-order valence-electron chi connectivity index (χ2n) is 10.4. The molecule has 1 amide bonds. The van der Waals surface area contributed by atoms with Crippen molar-refractivity contribution in [1.29, 1.82) is 0 Å². The van der Waals surface area contributed by atoms with Crippen LogP contribution in [0, 0.1) is 5.82 Å². The molecule has 1 aliphatic rings. The highest BCUT2D eigenvalue weighted by Gasteiger charge is 2.53. The van der Waals surface area contributed by atoms with E-state index in [1.165, 1.54) is 12.1 Å². The Hall–Kier alpha value is -4.69. The molecule has 2 N–H and O–H groups in total. The Morgan fingerprint density at radius 2 is 1.72 bits per heavy atom. The molecule has 7 nitrogen and oxygen atoms in total. The van der Waals surface area contributed by atoms with Crippen molar-refractivity contribution < 1.29 is 28.5 Å². The lowest BCUT2D eigenvalue weighted by molar-refractivity contribution is -0.128. The van der Waals surface area contributed by atoms with E-state index in [0.29, 0.717) is 49.0 Å². The fraction of sp³-hybridized carbons (Fsp3) is 0.257. The van der Waals surface area contributed by atoms with Crippen LogP contribution in [0.5, 0.6) is 11.5 Å². The number of hydrogen-bond donors (Lipinski definition) is 2. The van der Waals surface area contributed by atoms with Crippen LogP contribution in [0.2, 0.25) is 0 Å². The van der Waals surface area contributed by atoms with Gasteiger partial charge in [-0.15, -0.1) is 0 Å². The van der Waals surface area contributed by atoms with E-state index < -0.39 is 11.6 Å². The molecule has 0 aliphatic carbocycles. The fourth-order valence-corrected chi connectivity index (χ4v) is 5.16. The lowest BCUT2D eigenvalue weighted by atomic mass is 9.82. The van der Waals surface area contributed by atoms with Gasteiger partial charge in [0.25, 0.3) is 5.91 Å². The summed E-state index contributed by atoms with van der Waals surface area (Å²) in [5, 5.41) is 12.1. The van der Waals surface area contributed by atoms with Gasteiger partial charge >= 0.3 is 0 Å². The third-order valence-electron chi connectivity index (χ3n) is 7.33. The Balaban J connectivity index is 1.51. The molecule has 0 radical (unpaired) electrons. The second-order valence-corrected chi connectivity index (χ2v) is 10.4. The van der Waals surface area contributed by atoms with E-state index in [2.05, 4.69) is 5.32 Å². The fourth-order valence-electron chi connectivity index (χ4n) is 5.16. The maximum atomic E-state index is 14.3. The smallest absolute Gasteiger partial charge is 0.252 e. The molecule has 0 saturated carbocycles. The Kier molecular flexibility index (Phi) is 9.69. The van der Waals surface area contributed by atoms with Crippen LogP contribution in [0.1, 0.15) is 34.8 Å². The number of amides is 1. The van der Waals surface area contributed by atoms with E-state index >= 15 is 0 Å². The molecule has 0 saturated heterocycles. The largest absolute Gasteiger partial charge is 0.497 e. The molecule has 0 unspecified atom stereocenters. The predicted molar refractivity (Wildman–Crippen MR) is 163 cm³/mol. The second kappa shape index (κ2) is 14.0. The number of carbonyl (C=O) groups excluding carboxylic acids is 1. The number of aliphatic imine (C=N–C) groups is 1. The molecule has 0 bridgehead atoms. The Morgan fingerprint density at radius 3 is 2.47 bits per heavy atom. The van der Waals surface area contributed by atoms with Crippen molar-refractivity contribution in [1.82, 2.24) is 5.32 Å². The normalized spacial score (nSPS) is 17.6. The number of aliphatic hydroxyl groups excluding tert-OH is 1. The molecule has 2 atom stereocenters. The predicted octanol–water partition coefficient (Wildman–Crippen LogP) is 5.45. The van der Waals surface area contributed by atoms with Crippen molar-refractivity contribution in [3.8, 4) is 11.5 Å². The maximum Gasteiger partial charge on any atom is 0.252 e. The number of ether oxygens (including phenoxy) is 3. The number of aliphatic hydroxyl groups is 1. The highest BCUT2D eigenvalue weighted by Crippen LogP contribution is 2.43. The standard InChI is InChI=1S/C35H35FN2O5/c1-41-31-13-6-11-28(23-31)32-35(24-26-8-3-2-4-9-26,34(40)37-19-18-25-10-5-12-29(36)22-25)38-33(43-32)27-14-16-30(17-15-27)42-21-7-20-39/h2-6,8-17,22-23,32,39H,7,18-21,24H2,1H3,(H,37,40)/t32-,35-/m1/s1. The first-order chi connectivity index (χ1) is 21.0. The van der Waals surface area contributed by atoms with Gasteiger partial charge in [-0.1, -0.05) is 54.6 Å². The van der Waals surface area contributed by atoms with Crippen LogP contribution in [-0.4, -0.2) is 49.3 Å². The molecule has 0 aromatic heterocycles. The molecule has 4 aromatic carbocycles. The Labute approximate surface area is 251 Å². The third-order valence-corrected chi connectivity index (χ3v) is 7.33. The minimum absolute atomic E-state index is 0.0577. The lowest BCUT2D eigenvalue weighted by Crippen LogP contribution is -2.50. The number of hydrogen-bond acceptors (Lipinski definition) is 6. The van der Waals surface area contributed by atoms with Gasteiger partial charge in [0.05, 0.1) is 13.7 Å². The zero-order valence-electron chi connectivity index (χ0n) is 24.0. The molecule has 4 aromatic rings. The molecule has 1 heterocycles. The zero-order chi connectivity index (χ0) is 30.1. The average Bonchev–Trinajstić information content (AvgIpc) is 3.42. The number of carbonyl (C=O) groups is 1. The average molecular weight is 583 g/mol. The van der Waals surface area contributed by atoms with Crippen molar-refractivity contribution in [3.05, 3.63) is 131 Å². The van der Waals surface area contributed by atoms with E-state index in [0.717, 1.165) is 16.7 Å². The van der Waals surface area contributed by atoms with Crippen LogP contribution in [0.15, 0.2) is 108 Å². The molecular weight excluding hydrogens is 547 g/mol. The van der Waals surface area contributed by atoms with Crippen molar-refractivity contribution >= 4 is 11.8 Å². The van der Waals surface area contributed by atoms with E-state index in [1.807, 2.05) is 84.9 Å². The van der Waals surface area contributed by atoms with Gasteiger partial charge in [-0.2, -0.15) is 0 Å². The molecular formula is C35H35FN2O5. The number of halogens is 1. The van der Waals surface area contributed by atoms with E-state index in [1.54, 1.807) is 13.2 Å². The summed E-state index contributed by atoms with van der Waals surface area (Å²) in [5.41, 5.74) is 1.82. The Morgan fingerprint density at radius 1 is 0.953 bits per heavy atom. The van der Waals surface area contributed by atoms with Gasteiger partial charge in [0.2, 0.25) is 5.90 Å². The molecule has 0 fully saturated rings. The van der Waals surface area contributed by atoms with Crippen LogP contribution in [0.3, 0.4) is 0 Å². The van der Waals surface area contributed by atoms with E-state index in [4.69, 9.17) is 24.3 Å². The summed E-state index contributed by atoms with van der Waals surface area (Å²) in [6.45, 7) is 0.762. The summed E-state index contributed by atoms with van der Waals surface area (Å²) >= 11 is 0. The number of benzene rings is 4. The summed E-state index contributed by atoms with van der Waals surface area (Å²) in [7, 11) is 1.59. The van der Waals surface area contributed by atoms with Gasteiger partial charge in [-0.25, -0.2) is 9.38 Å². The zero-order valence-corrected chi connectivity index (χ0v) is 24.0. The first-order valence-electron chi connectivity index (χ1n) is 14.3. The molecule has 8 heteroatoms. The minimum atomic E-state index is -1.35. The Bertz CT molecular complexity index is 1540. The molecule has 43 heavy (non-hydrogen) atoms. The molecule has 1 aliphatic heterocycles. The van der Waals surface area contributed by atoms with Crippen LogP contribution < -0.4 is 14.8 Å². The highest BCUT2D eigenvalue weighted by atomic mass is 19.1. The van der Waals surface area contributed by atoms with E-state index in [-0.39, 0.29) is 24.8 Å². The third kappa shape index (κ3) is 7.21. The topological polar surface area (TPSA) is 89.4 Å². The van der Waals surface area contributed by atoms with Crippen molar-refractivity contribution in [2.75, 3.05) is 26.9 Å². The van der Waals surface area contributed by atoms with Crippen LogP contribution >= 0.6 is 0 Å².